The Morgan fingerprint density at radius 1 is 1.18 bits per heavy atom. The first kappa shape index (κ1) is 27.5. The molecule has 2 N–H and O–H groups in total. The van der Waals surface area contributed by atoms with E-state index in [4.69, 9.17) is 0 Å². The molecule has 1 aromatic heterocycles. The van der Waals surface area contributed by atoms with Crippen molar-refractivity contribution in [1.82, 2.24) is 9.88 Å². The number of carbonyl (C=O) groups excluding carboxylic acids is 1. The highest BCUT2D eigenvalue weighted by atomic mass is 16.3. The Hall–Kier alpha value is -3.54. The molecule has 0 radical (unpaired) electrons. The van der Waals surface area contributed by atoms with E-state index in [2.05, 4.69) is 85.9 Å². The number of aryl methyl sites for hydroxylation is 2. The van der Waals surface area contributed by atoms with Crippen LogP contribution < -0.4 is 5.32 Å². The Morgan fingerprint density at radius 3 is 2.58 bits per heavy atom. The molecule has 5 nitrogen and oxygen atoms in total. The maximum Gasteiger partial charge on any atom is 0.159 e. The average molecular weight is 510 g/mol. The molecule has 2 atom stereocenters. The maximum atomic E-state index is 11.6. The van der Waals surface area contributed by atoms with Crippen LogP contribution in [0.15, 0.2) is 72.6 Å². The zero-order valence-electron chi connectivity index (χ0n) is 23.2. The Bertz CT molecular complexity index is 1360. The molecule has 0 spiro atoms. The second kappa shape index (κ2) is 11.9. The summed E-state index contributed by atoms with van der Waals surface area (Å²) in [5.74, 6) is 0.596. The third-order valence-corrected chi connectivity index (χ3v) is 7.82. The van der Waals surface area contributed by atoms with Crippen molar-refractivity contribution in [3.05, 3.63) is 101 Å². The van der Waals surface area contributed by atoms with E-state index in [1.807, 2.05) is 24.4 Å². The number of aromatic nitrogens is 1. The summed E-state index contributed by atoms with van der Waals surface area (Å²) in [6.07, 6.45) is 5.29. The number of rotatable bonds is 9. The lowest BCUT2D eigenvalue weighted by Crippen LogP contribution is -2.31. The van der Waals surface area contributed by atoms with E-state index in [1.54, 1.807) is 6.92 Å². The number of nitrogens with one attached hydrogen (secondary N) is 1. The third kappa shape index (κ3) is 6.12. The topological polar surface area (TPSA) is 65.5 Å². The van der Waals surface area contributed by atoms with Crippen molar-refractivity contribution in [2.24, 2.45) is 0 Å². The minimum Gasteiger partial charge on any atom is -0.390 e. The van der Waals surface area contributed by atoms with Crippen LogP contribution in [-0.2, 0) is 0 Å². The first-order chi connectivity index (χ1) is 18.2. The molecule has 0 amide bonds. The number of aliphatic hydroxyl groups excluding tert-OH is 1. The predicted molar refractivity (Wildman–Crippen MR) is 157 cm³/mol. The minimum atomic E-state index is -0.0962. The molecule has 1 aliphatic heterocycles. The summed E-state index contributed by atoms with van der Waals surface area (Å²) < 4.78 is 0. The number of hydrogen-bond acceptors (Lipinski definition) is 5. The normalized spacial score (nSPS) is 16.9. The molecule has 1 saturated heterocycles. The van der Waals surface area contributed by atoms with Crippen molar-refractivity contribution in [2.75, 3.05) is 25.0 Å². The summed E-state index contributed by atoms with van der Waals surface area (Å²) in [6.45, 7) is 16.1. The zero-order valence-corrected chi connectivity index (χ0v) is 23.2. The van der Waals surface area contributed by atoms with Crippen molar-refractivity contribution in [1.29, 1.82) is 0 Å². The van der Waals surface area contributed by atoms with E-state index < -0.39 is 0 Å². The quantitative estimate of drug-likeness (QED) is 0.312. The maximum absolute atomic E-state index is 11.6. The van der Waals surface area contributed by atoms with Gasteiger partial charge >= 0.3 is 0 Å². The molecule has 4 rings (SSSR count). The molecule has 2 unspecified atom stereocenters. The molecule has 2 aromatic carbocycles. The highest BCUT2D eigenvalue weighted by Crippen LogP contribution is 2.33. The van der Waals surface area contributed by atoms with Gasteiger partial charge in [0.05, 0.1) is 6.61 Å². The molecule has 3 aromatic rings. The SMILES string of the molecule is C=C(CO)Nc1ccc(-c2ccnc(C)c2/C=C(\C)C(C)N2CCC(c3ccc(C(C)=O)cc3)C2)cc1C. The van der Waals surface area contributed by atoms with E-state index in [1.165, 1.54) is 11.1 Å². The van der Waals surface area contributed by atoms with E-state index in [0.717, 1.165) is 58.7 Å². The number of aliphatic hydroxyl groups is 1. The fraction of sp³-hybridized carbons (Fsp3) is 0.333. The molecule has 0 bridgehead atoms. The van der Waals surface area contributed by atoms with Gasteiger partial charge in [-0.2, -0.15) is 0 Å². The number of hydrogen-bond donors (Lipinski definition) is 2. The number of benzene rings is 2. The van der Waals surface area contributed by atoms with Crippen molar-refractivity contribution in [3.63, 3.8) is 0 Å². The van der Waals surface area contributed by atoms with Crippen molar-refractivity contribution < 1.29 is 9.90 Å². The Labute approximate surface area is 226 Å². The lowest BCUT2D eigenvalue weighted by molar-refractivity contribution is 0.101. The summed E-state index contributed by atoms with van der Waals surface area (Å²) in [7, 11) is 0. The number of likely N-dealkylation sites (tertiary alicyclic amines) is 1. The molecule has 1 fully saturated rings. The van der Waals surface area contributed by atoms with Gasteiger partial charge in [0.15, 0.2) is 5.78 Å². The molecule has 0 saturated carbocycles. The lowest BCUT2D eigenvalue weighted by atomic mass is 9.94. The predicted octanol–water partition coefficient (Wildman–Crippen LogP) is 6.77. The number of anilines is 1. The highest BCUT2D eigenvalue weighted by molar-refractivity contribution is 5.94. The van der Waals surface area contributed by atoms with Crippen LogP contribution in [0.25, 0.3) is 17.2 Å². The van der Waals surface area contributed by atoms with Gasteiger partial charge in [0.25, 0.3) is 0 Å². The van der Waals surface area contributed by atoms with E-state index in [9.17, 15) is 9.90 Å². The monoisotopic (exact) mass is 509 g/mol. The summed E-state index contributed by atoms with van der Waals surface area (Å²) >= 11 is 0. The highest BCUT2D eigenvalue weighted by Gasteiger charge is 2.28. The molecule has 5 heteroatoms. The fourth-order valence-electron chi connectivity index (χ4n) is 5.25. The number of Topliss-reactive ketones (excluding diaryl/α,β-unsaturated/α-hetero) is 1. The van der Waals surface area contributed by atoms with Gasteiger partial charge in [0.1, 0.15) is 0 Å². The number of pyridine rings is 1. The van der Waals surface area contributed by atoms with Crippen LogP contribution in [0, 0.1) is 13.8 Å². The van der Waals surface area contributed by atoms with Crippen molar-refractivity contribution in [2.45, 2.75) is 53.0 Å². The van der Waals surface area contributed by atoms with Gasteiger partial charge in [-0.25, -0.2) is 0 Å². The first-order valence-corrected chi connectivity index (χ1v) is 13.3. The van der Waals surface area contributed by atoms with Gasteiger partial charge in [-0.3, -0.25) is 14.7 Å². The van der Waals surface area contributed by atoms with Crippen LogP contribution in [0.1, 0.15) is 65.9 Å². The van der Waals surface area contributed by atoms with Gasteiger partial charge in [-0.15, -0.1) is 0 Å². The van der Waals surface area contributed by atoms with E-state index >= 15 is 0 Å². The van der Waals surface area contributed by atoms with Crippen LogP contribution in [0.4, 0.5) is 5.69 Å². The lowest BCUT2D eigenvalue weighted by Gasteiger charge is -2.26. The Kier molecular flexibility index (Phi) is 8.60. The molecule has 0 aliphatic carbocycles. The van der Waals surface area contributed by atoms with Gasteiger partial charge < -0.3 is 10.4 Å². The number of ketones is 1. The standard InChI is InChI=1S/C33H39N3O2/c1-21(25(5)36-16-14-30(19-36)28-9-7-27(8-10-28)26(6)38)18-32-24(4)34-15-13-31(32)29-11-12-33(22(2)17-29)35-23(3)20-37/h7-13,15,17-18,25,30,35,37H,3,14,16,19-20H2,1-2,4-6H3/b21-18+. The summed E-state index contributed by atoms with van der Waals surface area (Å²) in [6, 6.07) is 16.8. The van der Waals surface area contributed by atoms with Crippen LogP contribution in [0.5, 0.6) is 0 Å². The minimum absolute atomic E-state index is 0.0962. The van der Waals surface area contributed by atoms with Gasteiger partial charge in [0, 0.05) is 47.0 Å². The third-order valence-electron chi connectivity index (χ3n) is 7.82. The van der Waals surface area contributed by atoms with Crippen molar-refractivity contribution >= 4 is 17.5 Å². The molecule has 1 aliphatic rings. The molecular weight excluding hydrogens is 470 g/mol. The van der Waals surface area contributed by atoms with Crippen LogP contribution in [-0.4, -0.2) is 46.5 Å². The Morgan fingerprint density at radius 2 is 1.92 bits per heavy atom. The van der Waals surface area contributed by atoms with E-state index in [-0.39, 0.29) is 12.4 Å². The number of nitrogens with zero attached hydrogens (tertiary/aromatic N) is 2. The zero-order chi connectivity index (χ0) is 27.4. The van der Waals surface area contributed by atoms with Crippen molar-refractivity contribution in [3.8, 4) is 11.1 Å². The molecular formula is C33H39N3O2. The summed E-state index contributed by atoms with van der Waals surface area (Å²) in [5, 5.41) is 12.5. The second-order valence-electron chi connectivity index (χ2n) is 10.5. The first-order valence-electron chi connectivity index (χ1n) is 13.3. The molecule has 38 heavy (non-hydrogen) atoms. The van der Waals surface area contributed by atoms with Crippen LogP contribution >= 0.6 is 0 Å². The summed E-state index contributed by atoms with van der Waals surface area (Å²) in [4.78, 5) is 18.8. The fourth-order valence-corrected chi connectivity index (χ4v) is 5.25. The smallest absolute Gasteiger partial charge is 0.159 e. The van der Waals surface area contributed by atoms with Crippen LogP contribution in [0.2, 0.25) is 0 Å². The Balaban J connectivity index is 1.54. The largest absolute Gasteiger partial charge is 0.390 e. The van der Waals surface area contributed by atoms with E-state index in [0.29, 0.717) is 17.7 Å². The number of carbonyl (C=O) groups is 1. The van der Waals surface area contributed by atoms with Crippen LogP contribution in [0.3, 0.4) is 0 Å². The molecule has 198 valence electrons. The second-order valence-corrected chi connectivity index (χ2v) is 10.5. The van der Waals surface area contributed by atoms with Gasteiger partial charge in [-0.05, 0) is 94.0 Å². The van der Waals surface area contributed by atoms with Gasteiger partial charge in [0.2, 0.25) is 0 Å². The van der Waals surface area contributed by atoms with Gasteiger partial charge in [-0.1, -0.05) is 48.6 Å². The summed E-state index contributed by atoms with van der Waals surface area (Å²) in [5.41, 5.74) is 10.4. The average Bonchev–Trinajstić information content (AvgIpc) is 3.40. The molecule has 2 heterocycles.